The topological polar surface area (TPSA) is 29.5 Å². The van der Waals surface area contributed by atoms with E-state index in [2.05, 4.69) is 0 Å². The van der Waals surface area contributed by atoms with Crippen LogP contribution in [0.1, 0.15) is 40.8 Å². The van der Waals surface area contributed by atoms with Gasteiger partial charge >= 0.3 is 12.4 Å². The first kappa shape index (κ1) is 21.8. The quantitative estimate of drug-likeness (QED) is 0.465. The number of alkyl halides is 6. The van der Waals surface area contributed by atoms with Gasteiger partial charge in [-0.2, -0.15) is 26.3 Å². The highest BCUT2D eigenvalue weighted by Gasteiger charge is 2.42. The van der Waals surface area contributed by atoms with E-state index in [1.165, 1.54) is 4.90 Å². The lowest BCUT2D eigenvalue weighted by Gasteiger charge is -2.23. The third kappa shape index (κ3) is 4.46. The zero-order valence-corrected chi connectivity index (χ0v) is 15.9. The van der Waals surface area contributed by atoms with E-state index in [1.54, 1.807) is 25.0 Å². The number of rotatable bonds is 3. The molecule has 0 amide bonds. The molecular formula is C21H17F6NO2. The standard InChI is InChI=1S/C21H17F6NO2/c1-12-4-3-5-14(6-12)10-28-13(2)19(30-18(28)11-29)15-7-16(20(22,23)24)9-17(8-15)21(25,26)27/h3-9,13,19H,10H2,1-2H3/t13-,19-/m0/s1. The van der Waals surface area contributed by atoms with Crippen molar-refractivity contribution in [3.05, 3.63) is 76.2 Å². The van der Waals surface area contributed by atoms with Crippen molar-refractivity contribution in [3.8, 4) is 0 Å². The Balaban J connectivity index is 2.00. The molecule has 0 unspecified atom stereocenters. The van der Waals surface area contributed by atoms with Crippen LogP contribution in [0.5, 0.6) is 0 Å². The number of halogens is 6. The molecule has 0 spiro atoms. The first-order valence-corrected chi connectivity index (χ1v) is 8.93. The Morgan fingerprint density at radius 1 is 1.00 bits per heavy atom. The van der Waals surface area contributed by atoms with Crippen LogP contribution in [0, 0.1) is 6.92 Å². The Morgan fingerprint density at radius 3 is 2.10 bits per heavy atom. The second kappa shape index (κ2) is 7.72. The molecule has 3 nitrogen and oxygen atoms in total. The van der Waals surface area contributed by atoms with Crippen molar-refractivity contribution < 1.29 is 35.9 Å². The SMILES string of the molecule is Cc1cccc(CN2C(=C=O)O[C@H](c3cc(C(F)(F)F)cc(C(F)(F)F)c3)[C@@H]2C)c1. The molecule has 0 saturated carbocycles. The predicted molar refractivity (Wildman–Crippen MR) is 95.7 cm³/mol. The van der Waals surface area contributed by atoms with Crippen LogP contribution in [-0.2, 0) is 28.4 Å². The molecule has 1 saturated heterocycles. The molecule has 2 aromatic carbocycles. The number of carbonyl (C=O) groups excluding carboxylic acids is 1. The van der Waals surface area contributed by atoms with E-state index in [1.807, 2.05) is 19.1 Å². The lowest BCUT2D eigenvalue weighted by molar-refractivity contribution is -0.143. The van der Waals surface area contributed by atoms with Gasteiger partial charge in [-0.05, 0) is 43.2 Å². The molecule has 2 aromatic rings. The van der Waals surface area contributed by atoms with Crippen molar-refractivity contribution in [3.63, 3.8) is 0 Å². The average molecular weight is 429 g/mol. The highest BCUT2D eigenvalue weighted by molar-refractivity contribution is 5.50. The molecule has 3 rings (SSSR count). The monoisotopic (exact) mass is 429 g/mol. The highest BCUT2D eigenvalue weighted by atomic mass is 19.4. The van der Waals surface area contributed by atoms with Gasteiger partial charge in [-0.3, -0.25) is 0 Å². The summed E-state index contributed by atoms with van der Waals surface area (Å²) < 4.78 is 84.5. The van der Waals surface area contributed by atoms with E-state index in [0.29, 0.717) is 12.1 Å². The van der Waals surface area contributed by atoms with Crippen LogP contribution in [0.4, 0.5) is 26.3 Å². The van der Waals surface area contributed by atoms with Gasteiger partial charge in [0, 0.05) is 6.54 Å². The molecule has 1 aliphatic heterocycles. The number of aryl methyl sites for hydroxylation is 1. The Kier molecular flexibility index (Phi) is 5.60. The van der Waals surface area contributed by atoms with Crippen molar-refractivity contribution in [1.29, 1.82) is 0 Å². The molecular weight excluding hydrogens is 412 g/mol. The van der Waals surface area contributed by atoms with Gasteiger partial charge < -0.3 is 9.64 Å². The zero-order chi connectivity index (χ0) is 22.3. The Bertz CT molecular complexity index is 959. The lowest BCUT2D eigenvalue weighted by Crippen LogP contribution is -2.28. The largest absolute Gasteiger partial charge is 0.461 e. The van der Waals surface area contributed by atoms with E-state index < -0.39 is 35.6 Å². The van der Waals surface area contributed by atoms with Gasteiger partial charge in [0.2, 0.25) is 0 Å². The summed E-state index contributed by atoms with van der Waals surface area (Å²) in [7, 11) is 0. The van der Waals surface area contributed by atoms with Gasteiger partial charge in [-0.1, -0.05) is 29.8 Å². The number of nitrogens with zero attached hydrogens (tertiary/aromatic N) is 1. The fourth-order valence-corrected chi connectivity index (χ4v) is 3.43. The summed E-state index contributed by atoms with van der Waals surface area (Å²) in [5.41, 5.74) is -1.42. The molecule has 9 heteroatoms. The van der Waals surface area contributed by atoms with Crippen LogP contribution in [0.15, 0.2) is 48.3 Å². The summed E-state index contributed by atoms with van der Waals surface area (Å²) in [5.74, 6) is 1.33. The third-order valence-electron chi connectivity index (χ3n) is 4.89. The van der Waals surface area contributed by atoms with Crippen molar-refractivity contribution in [2.75, 3.05) is 0 Å². The van der Waals surface area contributed by atoms with Crippen LogP contribution in [0.3, 0.4) is 0 Å². The molecule has 160 valence electrons. The maximum atomic E-state index is 13.2. The van der Waals surface area contributed by atoms with E-state index in [9.17, 15) is 31.1 Å². The maximum Gasteiger partial charge on any atom is 0.416 e. The molecule has 1 aliphatic rings. The molecule has 0 bridgehead atoms. The highest BCUT2D eigenvalue weighted by Crippen LogP contribution is 2.42. The Labute approximate surface area is 168 Å². The average Bonchev–Trinajstić information content (AvgIpc) is 2.96. The van der Waals surface area contributed by atoms with Crippen LogP contribution in [0.25, 0.3) is 0 Å². The van der Waals surface area contributed by atoms with Gasteiger partial charge in [-0.25, -0.2) is 4.79 Å². The summed E-state index contributed by atoms with van der Waals surface area (Å²) in [5, 5.41) is 0. The molecule has 1 heterocycles. The van der Waals surface area contributed by atoms with Crippen molar-refractivity contribution >= 4 is 5.94 Å². The van der Waals surface area contributed by atoms with E-state index in [-0.39, 0.29) is 24.1 Å². The van der Waals surface area contributed by atoms with Gasteiger partial charge in [-0.15, -0.1) is 0 Å². The van der Waals surface area contributed by atoms with Crippen LogP contribution in [-0.4, -0.2) is 16.9 Å². The number of hydrogen-bond donors (Lipinski definition) is 0. The van der Waals surface area contributed by atoms with Gasteiger partial charge in [0.05, 0.1) is 17.2 Å². The van der Waals surface area contributed by atoms with Gasteiger partial charge in [0.25, 0.3) is 5.88 Å². The molecule has 0 N–H and O–H groups in total. The minimum absolute atomic E-state index is 0.0596. The second-order valence-corrected chi connectivity index (χ2v) is 7.14. The number of ether oxygens (including phenoxy) is 1. The summed E-state index contributed by atoms with van der Waals surface area (Å²) >= 11 is 0. The maximum absolute atomic E-state index is 13.2. The summed E-state index contributed by atoms with van der Waals surface area (Å²) in [6, 6.07) is 7.92. The minimum Gasteiger partial charge on any atom is -0.461 e. The minimum atomic E-state index is -4.97. The fourth-order valence-electron chi connectivity index (χ4n) is 3.43. The fraction of sp³-hybridized carbons (Fsp3) is 0.333. The van der Waals surface area contributed by atoms with Crippen molar-refractivity contribution in [2.45, 2.75) is 44.9 Å². The van der Waals surface area contributed by atoms with Crippen LogP contribution < -0.4 is 0 Å². The van der Waals surface area contributed by atoms with Crippen molar-refractivity contribution in [1.82, 2.24) is 4.90 Å². The molecule has 0 radical (unpaired) electrons. The van der Waals surface area contributed by atoms with Gasteiger partial charge in [0.15, 0.2) is 5.94 Å². The van der Waals surface area contributed by atoms with E-state index in [0.717, 1.165) is 11.1 Å². The molecule has 2 atom stereocenters. The van der Waals surface area contributed by atoms with E-state index >= 15 is 0 Å². The first-order chi connectivity index (χ1) is 13.9. The third-order valence-corrected chi connectivity index (χ3v) is 4.89. The Morgan fingerprint density at radius 2 is 1.60 bits per heavy atom. The predicted octanol–water partition coefficient (Wildman–Crippen LogP) is 5.67. The molecule has 0 aromatic heterocycles. The molecule has 30 heavy (non-hydrogen) atoms. The van der Waals surface area contributed by atoms with Gasteiger partial charge in [0.1, 0.15) is 6.10 Å². The van der Waals surface area contributed by atoms with Crippen LogP contribution >= 0.6 is 0 Å². The van der Waals surface area contributed by atoms with Crippen LogP contribution in [0.2, 0.25) is 0 Å². The Hall–Kier alpha value is -2.93. The second-order valence-electron chi connectivity index (χ2n) is 7.14. The van der Waals surface area contributed by atoms with Crippen molar-refractivity contribution in [2.24, 2.45) is 0 Å². The first-order valence-electron chi connectivity index (χ1n) is 8.93. The molecule has 1 fully saturated rings. The summed E-state index contributed by atoms with van der Waals surface area (Å²) in [6.45, 7) is 3.63. The normalized spacial score (nSPS) is 19.6. The zero-order valence-electron chi connectivity index (χ0n) is 15.9. The summed E-state index contributed by atoms with van der Waals surface area (Å²) in [4.78, 5) is 12.8. The molecule has 0 aliphatic carbocycles. The number of hydrogen-bond acceptors (Lipinski definition) is 3. The summed E-state index contributed by atoms with van der Waals surface area (Å²) in [6.07, 6.45) is -11.1. The lowest BCUT2D eigenvalue weighted by atomic mass is 9.97. The number of benzene rings is 2. The smallest absolute Gasteiger partial charge is 0.416 e. The van der Waals surface area contributed by atoms with E-state index in [4.69, 9.17) is 4.74 Å².